The lowest BCUT2D eigenvalue weighted by Gasteiger charge is -2.16. The van der Waals surface area contributed by atoms with E-state index in [0.717, 1.165) is 16.8 Å². The maximum Gasteiger partial charge on any atom is 0.225 e. The van der Waals surface area contributed by atoms with Crippen molar-refractivity contribution < 1.29 is 13.7 Å². The Morgan fingerprint density at radius 3 is 2.72 bits per heavy atom. The Bertz CT molecular complexity index is 1280. The molecule has 0 spiro atoms. The molecule has 1 aliphatic rings. The minimum absolute atomic E-state index is 0.352. The SMILES string of the molecule is CC(C)(O)Cn1cc(Nc2nc(-c3ccc(-c4ncco4)cc3)nc3c2[S@](=O)CC3)cn1. The van der Waals surface area contributed by atoms with Gasteiger partial charge in [0.25, 0.3) is 0 Å². The van der Waals surface area contributed by atoms with Crippen molar-refractivity contribution in [3.8, 4) is 22.8 Å². The largest absolute Gasteiger partial charge is 0.445 e. The molecule has 0 saturated heterocycles. The first-order valence-corrected chi connectivity index (χ1v) is 11.5. The molecule has 2 N–H and O–H groups in total. The van der Waals surface area contributed by atoms with Gasteiger partial charge in [-0.25, -0.2) is 15.0 Å². The van der Waals surface area contributed by atoms with Crippen LogP contribution in [-0.2, 0) is 23.8 Å². The molecule has 4 heterocycles. The number of aryl methyl sites for hydroxylation is 1. The first-order chi connectivity index (χ1) is 15.4. The molecule has 164 valence electrons. The Morgan fingerprint density at radius 2 is 2.00 bits per heavy atom. The van der Waals surface area contributed by atoms with Crippen molar-refractivity contribution in [1.29, 1.82) is 0 Å². The Hall–Kier alpha value is -3.37. The van der Waals surface area contributed by atoms with Crippen LogP contribution in [0.2, 0.25) is 0 Å². The lowest BCUT2D eigenvalue weighted by atomic mass is 10.1. The van der Waals surface area contributed by atoms with Crippen molar-refractivity contribution in [3.05, 3.63) is 54.8 Å². The van der Waals surface area contributed by atoms with Crippen LogP contribution in [0, 0.1) is 0 Å². The quantitative estimate of drug-likeness (QED) is 0.460. The normalized spacial score (nSPS) is 15.7. The third kappa shape index (κ3) is 4.19. The molecule has 0 fully saturated rings. The molecule has 4 aromatic rings. The second kappa shape index (κ2) is 7.95. The van der Waals surface area contributed by atoms with E-state index in [1.165, 1.54) is 6.26 Å². The molecular formula is C22H22N6O3S. The summed E-state index contributed by atoms with van der Waals surface area (Å²) in [7, 11) is -1.16. The molecule has 0 amide bonds. The predicted molar refractivity (Wildman–Crippen MR) is 120 cm³/mol. The molecule has 1 atom stereocenters. The summed E-state index contributed by atoms with van der Waals surface area (Å²) in [6.45, 7) is 3.80. The molecule has 0 saturated carbocycles. The summed E-state index contributed by atoms with van der Waals surface area (Å²) in [5, 5.41) is 17.6. The zero-order chi connectivity index (χ0) is 22.3. The van der Waals surface area contributed by atoms with E-state index < -0.39 is 16.4 Å². The van der Waals surface area contributed by atoms with E-state index in [9.17, 15) is 9.32 Å². The zero-order valence-electron chi connectivity index (χ0n) is 17.6. The van der Waals surface area contributed by atoms with E-state index in [2.05, 4.69) is 20.4 Å². The van der Waals surface area contributed by atoms with Gasteiger partial charge in [-0.2, -0.15) is 5.10 Å². The van der Waals surface area contributed by atoms with Crippen LogP contribution < -0.4 is 5.32 Å². The van der Waals surface area contributed by atoms with Crippen LogP contribution in [-0.4, -0.2) is 45.4 Å². The lowest BCUT2D eigenvalue weighted by molar-refractivity contribution is 0.0578. The van der Waals surface area contributed by atoms with Gasteiger partial charge in [0, 0.05) is 29.5 Å². The van der Waals surface area contributed by atoms with Gasteiger partial charge in [0.1, 0.15) is 11.2 Å². The number of oxazole rings is 1. The number of aliphatic hydroxyl groups is 1. The van der Waals surface area contributed by atoms with Gasteiger partial charge < -0.3 is 14.8 Å². The highest BCUT2D eigenvalue weighted by molar-refractivity contribution is 7.85. The molecular weight excluding hydrogens is 428 g/mol. The highest BCUT2D eigenvalue weighted by atomic mass is 32.2. The minimum atomic E-state index is -1.16. The fourth-order valence-corrected chi connectivity index (χ4v) is 4.89. The summed E-state index contributed by atoms with van der Waals surface area (Å²) in [6, 6.07) is 7.64. The van der Waals surface area contributed by atoms with Gasteiger partial charge in [-0.15, -0.1) is 0 Å². The Balaban J connectivity index is 1.47. The summed E-state index contributed by atoms with van der Waals surface area (Å²) in [6.07, 6.45) is 7.22. The van der Waals surface area contributed by atoms with Gasteiger partial charge in [0.2, 0.25) is 5.89 Å². The van der Waals surface area contributed by atoms with Crippen molar-refractivity contribution in [3.63, 3.8) is 0 Å². The van der Waals surface area contributed by atoms with Crippen molar-refractivity contribution in [2.75, 3.05) is 11.1 Å². The third-order valence-corrected chi connectivity index (χ3v) is 6.41. The molecule has 0 bridgehead atoms. The molecule has 3 aromatic heterocycles. The number of fused-ring (bicyclic) bond motifs is 1. The number of hydrogen-bond acceptors (Lipinski definition) is 8. The second-order valence-corrected chi connectivity index (χ2v) is 9.76. The van der Waals surface area contributed by atoms with Crippen LogP contribution in [0.15, 0.2) is 58.4 Å². The molecule has 10 heteroatoms. The third-order valence-electron chi connectivity index (χ3n) is 4.95. The first kappa shape index (κ1) is 20.5. The summed E-state index contributed by atoms with van der Waals surface area (Å²) in [5.74, 6) is 2.14. The Morgan fingerprint density at radius 1 is 1.22 bits per heavy atom. The number of nitrogens with one attached hydrogen (secondary N) is 1. The molecule has 32 heavy (non-hydrogen) atoms. The number of aromatic nitrogens is 5. The standard InChI is InChI=1S/C22H22N6O3S/c1-22(2,29)13-28-12-16(11-24-28)25-20-18-17(7-10-32(18)30)26-19(27-20)14-3-5-15(6-4-14)21-23-8-9-31-21/h3-6,8-9,11-12,29H,7,10,13H2,1-2H3,(H,25,26,27)/t32-/m1/s1. The van der Waals surface area contributed by atoms with E-state index in [1.807, 2.05) is 24.3 Å². The number of benzene rings is 1. The van der Waals surface area contributed by atoms with E-state index in [1.54, 1.807) is 37.1 Å². The minimum Gasteiger partial charge on any atom is -0.445 e. The van der Waals surface area contributed by atoms with Gasteiger partial charge in [-0.3, -0.25) is 8.89 Å². The van der Waals surface area contributed by atoms with Crippen LogP contribution in [0.1, 0.15) is 19.5 Å². The summed E-state index contributed by atoms with van der Waals surface area (Å²) >= 11 is 0. The van der Waals surface area contributed by atoms with Crippen LogP contribution in [0.25, 0.3) is 22.8 Å². The number of anilines is 2. The molecule has 0 radical (unpaired) electrons. The van der Waals surface area contributed by atoms with E-state index in [4.69, 9.17) is 9.40 Å². The van der Waals surface area contributed by atoms with Crippen molar-refractivity contribution in [2.24, 2.45) is 0 Å². The Labute approximate surface area is 187 Å². The molecule has 5 rings (SSSR count). The van der Waals surface area contributed by atoms with Crippen molar-refractivity contribution in [2.45, 2.75) is 37.3 Å². The fraction of sp³-hybridized carbons (Fsp3) is 0.273. The van der Waals surface area contributed by atoms with Gasteiger partial charge in [0.05, 0.1) is 46.7 Å². The topological polar surface area (TPSA) is 119 Å². The summed E-state index contributed by atoms with van der Waals surface area (Å²) < 4.78 is 19.6. The monoisotopic (exact) mass is 450 g/mol. The van der Waals surface area contributed by atoms with Crippen molar-refractivity contribution >= 4 is 22.3 Å². The highest BCUT2D eigenvalue weighted by Gasteiger charge is 2.26. The average Bonchev–Trinajstić information content (AvgIpc) is 3.49. The molecule has 1 aliphatic heterocycles. The first-order valence-electron chi connectivity index (χ1n) is 10.2. The molecule has 0 unspecified atom stereocenters. The zero-order valence-corrected chi connectivity index (χ0v) is 18.5. The van der Waals surface area contributed by atoms with Gasteiger partial charge in [0.15, 0.2) is 11.6 Å². The predicted octanol–water partition coefficient (Wildman–Crippen LogP) is 3.17. The smallest absolute Gasteiger partial charge is 0.225 e. The van der Waals surface area contributed by atoms with Crippen LogP contribution in [0.4, 0.5) is 11.5 Å². The fourth-order valence-electron chi connectivity index (χ4n) is 3.59. The number of nitrogens with zero attached hydrogens (tertiary/aromatic N) is 5. The summed E-state index contributed by atoms with van der Waals surface area (Å²) in [5.41, 5.74) is 2.30. The van der Waals surface area contributed by atoms with Crippen LogP contribution >= 0.6 is 0 Å². The molecule has 1 aromatic carbocycles. The lowest BCUT2D eigenvalue weighted by Crippen LogP contribution is -2.26. The van der Waals surface area contributed by atoms with E-state index >= 15 is 0 Å². The van der Waals surface area contributed by atoms with Gasteiger partial charge in [-0.1, -0.05) is 12.1 Å². The maximum atomic E-state index is 12.6. The summed E-state index contributed by atoms with van der Waals surface area (Å²) in [4.78, 5) is 14.2. The molecule has 0 aliphatic carbocycles. The number of hydrogen-bond donors (Lipinski definition) is 2. The van der Waals surface area contributed by atoms with E-state index in [-0.39, 0.29) is 0 Å². The van der Waals surface area contributed by atoms with Crippen LogP contribution in [0.5, 0.6) is 0 Å². The van der Waals surface area contributed by atoms with E-state index in [0.29, 0.717) is 46.8 Å². The molecule has 9 nitrogen and oxygen atoms in total. The second-order valence-electron chi connectivity index (χ2n) is 8.25. The Kier molecular flexibility index (Phi) is 5.10. The van der Waals surface area contributed by atoms with Gasteiger partial charge in [-0.05, 0) is 26.0 Å². The maximum absolute atomic E-state index is 12.6. The number of rotatable bonds is 6. The van der Waals surface area contributed by atoms with Crippen molar-refractivity contribution in [1.82, 2.24) is 24.7 Å². The average molecular weight is 451 g/mol. The van der Waals surface area contributed by atoms with Gasteiger partial charge >= 0.3 is 0 Å². The highest BCUT2D eigenvalue weighted by Crippen LogP contribution is 2.32. The van der Waals surface area contributed by atoms with Crippen LogP contribution in [0.3, 0.4) is 0 Å².